The van der Waals surface area contributed by atoms with Gasteiger partial charge in [0.25, 0.3) is 0 Å². The third-order valence-corrected chi connectivity index (χ3v) is 4.28. The van der Waals surface area contributed by atoms with Gasteiger partial charge in [0, 0.05) is 62.5 Å². The van der Waals surface area contributed by atoms with Crippen LogP contribution in [-0.2, 0) is 32.3 Å². The van der Waals surface area contributed by atoms with Crippen LogP contribution in [0.4, 0.5) is 0 Å². The Balaban J connectivity index is 0.00000261. The summed E-state index contributed by atoms with van der Waals surface area (Å²) in [6.45, 7) is 2.19. The fourth-order valence-electron chi connectivity index (χ4n) is 2.84. The Kier molecular flexibility index (Phi) is 9.19. The predicted octanol–water partition coefficient (Wildman–Crippen LogP) is 2.69. The van der Waals surface area contributed by atoms with E-state index in [9.17, 15) is 5.11 Å². The predicted molar refractivity (Wildman–Crippen MR) is 102 cm³/mol. The van der Waals surface area contributed by atoms with Crippen molar-refractivity contribution in [3.05, 3.63) is 90.3 Å². The summed E-state index contributed by atoms with van der Waals surface area (Å²) < 4.78 is 0. The standard InChI is InChI=1S/C21H24N4O.Ru/c26-21(20-9-3-6-14-24-20)17-25(15-10-18-7-1-4-12-22-18)16-11-19-8-2-5-13-23-19;/h1-9,12-14,21,26H,10-11,15-17H2;/q;+2. The maximum absolute atomic E-state index is 10.5. The zero-order chi connectivity index (χ0) is 18.0. The molecular weight excluding hydrogens is 425 g/mol. The van der Waals surface area contributed by atoms with E-state index in [1.165, 1.54) is 0 Å². The molecular formula is C21H24N4ORu+2. The van der Waals surface area contributed by atoms with Crippen LogP contribution in [0.5, 0.6) is 0 Å². The first-order valence-electron chi connectivity index (χ1n) is 8.92. The Morgan fingerprint density at radius 1 is 0.741 bits per heavy atom. The van der Waals surface area contributed by atoms with Crippen molar-refractivity contribution >= 4 is 0 Å². The SMILES string of the molecule is OC(CN(CCc1ccccn1)CCc1ccccn1)c1ccccn1.[Ru+2]. The zero-order valence-electron chi connectivity index (χ0n) is 15.1. The molecule has 3 aromatic heterocycles. The molecule has 0 aliphatic heterocycles. The number of pyridine rings is 3. The third-order valence-electron chi connectivity index (χ3n) is 4.28. The molecule has 1 atom stereocenters. The van der Waals surface area contributed by atoms with Crippen molar-refractivity contribution in [1.82, 2.24) is 19.9 Å². The van der Waals surface area contributed by atoms with Crippen molar-refractivity contribution < 1.29 is 24.6 Å². The second-order valence-corrected chi connectivity index (χ2v) is 6.21. The summed E-state index contributed by atoms with van der Waals surface area (Å²) >= 11 is 0. The summed E-state index contributed by atoms with van der Waals surface area (Å²) in [4.78, 5) is 15.3. The summed E-state index contributed by atoms with van der Waals surface area (Å²) in [5.41, 5.74) is 2.82. The second kappa shape index (κ2) is 11.7. The Morgan fingerprint density at radius 2 is 1.26 bits per heavy atom. The van der Waals surface area contributed by atoms with E-state index in [4.69, 9.17) is 0 Å². The molecule has 0 bridgehead atoms. The molecule has 0 spiro atoms. The van der Waals surface area contributed by atoms with Crippen LogP contribution in [0.25, 0.3) is 0 Å². The van der Waals surface area contributed by atoms with Gasteiger partial charge in [-0.25, -0.2) is 0 Å². The van der Waals surface area contributed by atoms with Gasteiger partial charge in [-0.2, -0.15) is 0 Å². The van der Waals surface area contributed by atoms with Crippen molar-refractivity contribution in [2.24, 2.45) is 0 Å². The van der Waals surface area contributed by atoms with Crippen LogP contribution in [-0.4, -0.2) is 44.6 Å². The molecule has 0 saturated heterocycles. The zero-order valence-corrected chi connectivity index (χ0v) is 16.9. The molecule has 1 N–H and O–H groups in total. The minimum absolute atomic E-state index is 0. The second-order valence-electron chi connectivity index (χ2n) is 6.21. The van der Waals surface area contributed by atoms with Gasteiger partial charge in [0.2, 0.25) is 0 Å². The van der Waals surface area contributed by atoms with Crippen molar-refractivity contribution in [2.75, 3.05) is 19.6 Å². The van der Waals surface area contributed by atoms with Crippen LogP contribution >= 0.6 is 0 Å². The Hall–Kier alpha value is -2.01. The van der Waals surface area contributed by atoms with Crippen molar-refractivity contribution in [2.45, 2.75) is 18.9 Å². The van der Waals surface area contributed by atoms with Gasteiger partial charge in [-0.1, -0.05) is 18.2 Å². The Bertz CT molecular complexity index is 715. The van der Waals surface area contributed by atoms with E-state index in [1.807, 2.05) is 67.0 Å². The smallest absolute Gasteiger partial charge is 0.385 e. The molecule has 140 valence electrons. The quantitative estimate of drug-likeness (QED) is 0.509. The fraction of sp³-hybridized carbons (Fsp3) is 0.286. The van der Waals surface area contributed by atoms with Crippen LogP contribution in [0.1, 0.15) is 23.2 Å². The van der Waals surface area contributed by atoms with E-state index in [-0.39, 0.29) is 19.5 Å². The van der Waals surface area contributed by atoms with E-state index >= 15 is 0 Å². The monoisotopic (exact) mass is 450 g/mol. The van der Waals surface area contributed by atoms with Gasteiger partial charge in [0.1, 0.15) is 6.10 Å². The molecule has 3 rings (SSSR count). The molecule has 0 aliphatic rings. The third kappa shape index (κ3) is 7.26. The Labute approximate surface area is 173 Å². The van der Waals surface area contributed by atoms with Crippen LogP contribution in [0.2, 0.25) is 0 Å². The maximum atomic E-state index is 10.5. The number of hydrogen-bond acceptors (Lipinski definition) is 5. The molecule has 3 heterocycles. The number of aliphatic hydroxyl groups is 1. The molecule has 27 heavy (non-hydrogen) atoms. The minimum atomic E-state index is -0.608. The topological polar surface area (TPSA) is 62.1 Å². The van der Waals surface area contributed by atoms with E-state index in [2.05, 4.69) is 19.9 Å². The molecule has 0 aliphatic carbocycles. The first-order chi connectivity index (χ1) is 12.8. The van der Waals surface area contributed by atoms with E-state index in [0.717, 1.165) is 37.3 Å². The molecule has 6 heteroatoms. The van der Waals surface area contributed by atoms with E-state index in [0.29, 0.717) is 12.2 Å². The average molecular weight is 450 g/mol. The number of rotatable bonds is 9. The van der Waals surface area contributed by atoms with Crippen molar-refractivity contribution in [1.29, 1.82) is 0 Å². The van der Waals surface area contributed by atoms with Gasteiger partial charge in [0.05, 0.1) is 5.69 Å². The number of aliphatic hydroxyl groups excluding tert-OH is 1. The molecule has 0 amide bonds. The average Bonchev–Trinajstić information content (AvgIpc) is 2.72. The van der Waals surface area contributed by atoms with Gasteiger partial charge >= 0.3 is 19.5 Å². The van der Waals surface area contributed by atoms with Crippen LogP contribution in [0.3, 0.4) is 0 Å². The fourth-order valence-corrected chi connectivity index (χ4v) is 2.84. The normalized spacial score (nSPS) is 11.8. The van der Waals surface area contributed by atoms with Crippen LogP contribution < -0.4 is 0 Å². The van der Waals surface area contributed by atoms with Crippen LogP contribution in [0.15, 0.2) is 73.2 Å². The molecule has 5 nitrogen and oxygen atoms in total. The van der Waals surface area contributed by atoms with Gasteiger partial charge in [0.15, 0.2) is 0 Å². The van der Waals surface area contributed by atoms with E-state index < -0.39 is 6.10 Å². The van der Waals surface area contributed by atoms with Crippen molar-refractivity contribution in [3.63, 3.8) is 0 Å². The first-order valence-corrected chi connectivity index (χ1v) is 8.92. The van der Waals surface area contributed by atoms with E-state index in [1.54, 1.807) is 6.20 Å². The molecule has 3 aromatic rings. The number of nitrogens with zero attached hydrogens (tertiary/aromatic N) is 4. The van der Waals surface area contributed by atoms with Gasteiger partial charge in [-0.05, 0) is 36.4 Å². The maximum Gasteiger partial charge on any atom is 2.00 e. The molecule has 0 radical (unpaired) electrons. The summed E-state index contributed by atoms with van der Waals surface area (Å²) in [5.74, 6) is 0. The van der Waals surface area contributed by atoms with Crippen molar-refractivity contribution in [3.8, 4) is 0 Å². The summed E-state index contributed by atoms with van der Waals surface area (Å²) in [7, 11) is 0. The number of hydrogen-bond donors (Lipinski definition) is 1. The van der Waals surface area contributed by atoms with Gasteiger partial charge < -0.3 is 5.11 Å². The molecule has 1 unspecified atom stereocenters. The Morgan fingerprint density at radius 3 is 1.70 bits per heavy atom. The number of aromatic nitrogens is 3. The van der Waals surface area contributed by atoms with Crippen LogP contribution in [0, 0.1) is 0 Å². The summed E-state index contributed by atoms with van der Waals surface area (Å²) in [6.07, 6.45) is 6.43. The summed E-state index contributed by atoms with van der Waals surface area (Å²) in [6, 6.07) is 17.5. The first kappa shape index (κ1) is 21.3. The minimum Gasteiger partial charge on any atom is -0.385 e. The van der Waals surface area contributed by atoms with Gasteiger partial charge in [-0.3, -0.25) is 19.9 Å². The molecule has 0 saturated carbocycles. The molecule has 0 aromatic carbocycles. The largest absolute Gasteiger partial charge is 2.00 e. The van der Waals surface area contributed by atoms with Gasteiger partial charge in [-0.15, -0.1) is 0 Å². The summed E-state index contributed by atoms with van der Waals surface area (Å²) in [5, 5.41) is 10.5. The molecule has 0 fully saturated rings.